The van der Waals surface area contributed by atoms with Gasteiger partial charge in [0.05, 0.1) is 21.4 Å². The summed E-state index contributed by atoms with van der Waals surface area (Å²) in [6, 6.07) is 79.8. The highest BCUT2D eigenvalue weighted by Crippen LogP contribution is 2.45. The predicted octanol–water partition coefficient (Wildman–Crippen LogP) is 18.0. The Morgan fingerprint density at radius 1 is 0.358 bits per heavy atom. The third-order valence-electron chi connectivity index (χ3n) is 14.1. The number of hydrogen-bond acceptors (Lipinski definition) is 3. The number of furan rings is 1. The Hall–Kier alpha value is -8.57. The van der Waals surface area contributed by atoms with E-state index >= 15 is 0 Å². The normalized spacial score (nSPS) is 12.2. The van der Waals surface area contributed by atoms with Crippen molar-refractivity contribution < 1.29 is 4.42 Å². The van der Waals surface area contributed by atoms with Crippen molar-refractivity contribution in [3.8, 4) is 44.6 Å². The van der Waals surface area contributed by atoms with E-state index in [1.807, 2.05) is 23.5 Å². The van der Waals surface area contributed by atoms with Crippen molar-refractivity contribution in [2.45, 2.75) is 0 Å². The molecule has 11 aromatic carbocycles. The summed E-state index contributed by atoms with van der Waals surface area (Å²) in [6.07, 6.45) is 0. The van der Waals surface area contributed by atoms with Crippen molar-refractivity contribution in [2.24, 2.45) is 0 Å². The number of hydrogen-bond donors (Lipinski definition) is 0. The molecule has 67 heavy (non-hydrogen) atoms. The number of nitrogens with zero attached hydrogens (tertiary/aromatic N) is 2. The van der Waals surface area contributed by atoms with E-state index in [0.717, 1.165) is 49.9 Å². The van der Waals surface area contributed by atoms with Crippen molar-refractivity contribution in [2.75, 3.05) is 0 Å². The van der Waals surface area contributed by atoms with Gasteiger partial charge in [-0.3, -0.25) is 4.40 Å². The van der Waals surface area contributed by atoms with E-state index < -0.39 is 0 Å². The van der Waals surface area contributed by atoms with Crippen LogP contribution >= 0.6 is 11.3 Å². The highest BCUT2D eigenvalue weighted by atomic mass is 32.1. The molecule has 0 fully saturated rings. The summed E-state index contributed by atoms with van der Waals surface area (Å²) in [5.41, 5.74) is 14.4. The zero-order chi connectivity index (χ0) is 43.7. The lowest BCUT2D eigenvalue weighted by atomic mass is 9.91. The molecule has 0 aliphatic carbocycles. The minimum absolute atomic E-state index is 0.912. The molecule has 4 heteroatoms. The molecular weight excluding hydrogens is 833 g/mol. The molecule has 310 valence electrons. The molecule has 0 N–H and O–H groups in total. The van der Waals surface area contributed by atoms with E-state index in [1.165, 1.54) is 96.6 Å². The maximum absolute atomic E-state index is 6.22. The molecule has 0 bridgehead atoms. The van der Waals surface area contributed by atoms with Crippen molar-refractivity contribution >= 4 is 113 Å². The van der Waals surface area contributed by atoms with Gasteiger partial charge in [-0.15, -0.1) is 11.3 Å². The first-order chi connectivity index (χ1) is 33.2. The molecule has 0 spiro atoms. The second-order valence-corrected chi connectivity index (χ2v) is 18.9. The highest BCUT2D eigenvalue weighted by Gasteiger charge is 2.20. The van der Waals surface area contributed by atoms with E-state index in [-0.39, 0.29) is 0 Å². The van der Waals surface area contributed by atoms with Gasteiger partial charge in [0.1, 0.15) is 11.2 Å². The Kier molecular flexibility index (Phi) is 7.66. The second-order valence-electron chi connectivity index (χ2n) is 17.8. The van der Waals surface area contributed by atoms with Gasteiger partial charge in [0, 0.05) is 26.2 Å². The summed E-state index contributed by atoms with van der Waals surface area (Å²) < 4.78 is 11.1. The predicted molar refractivity (Wildman–Crippen MR) is 285 cm³/mol. The van der Waals surface area contributed by atoms with E-state index in [4.69, 9.17) is 9.40 Å². The van der Waals surface area contributed by atoms with Gasteiger partial charge in [0.2, 0.25) is 0 Å². The SMILES string of the molecule is c1ccc2cc3cc4c(cc3cc2c1)nc1c2sc3c5ccccc5ccc3c2cc(-c2ccc(-c3ccc(-c5ccc(-c6cccc7oc8ccccc8c67)cc5)c5ccccc35)cc2)n41. The lowest BCUT2D eigenvalue weighted by Gasteiger charge is -2.14. The second kappa shape index (κ2) is 14.0. The van der Waals surface area contributed by atoms with Gasteiger partial charge >= 0.3 is 0 Å². The van der Waals surface area contributed by atoms with Crippen molar-refractivity contribution in [1.29, 1.82) is 0 Å². The molecule has 15 aromatic rings. The van der Waals surface area contributed by atoms with Gasteiger partial charge in [0.15, 0.2) is 5.65 Å². The molecule has 3 nitrogen and oxygen atoms in total. The molecule has 0 radical (unpaired) electrons. The molecule has 4 aromatic heterocycles. The molecule has 0 aliphatic rings. The molecule has 0 amide bonds. The zero-order valence-electron chi connectivity index (χ0n) is 36.0. The summed E-state index contributed by atoms with van der Waals surface area (Å²) in [5.74, 6) is 0. The summed E-state index contributed by atoms with van der Waals surface area (Å²) in [4.78, 5) is 5.48. The van der Waals surface area contributed by atoms with Gasteiger partial charge in [-0.25, -0.2) is 4.98 Å². The number of thiophene rings is 1. The minimum Gasteiger partial charge on any atom is -0.456 e. The van der Waals surface area contributed by atoms with Crippen LogP contribution in [-0.2, 0) is 0 Å². The number of imidazole rings is 1. The topological polar surface area (TPSA) is 30.4 Å². The van der Waals surface area contributed by atoms with E-state index in [1.54, 1.807) is 0 Å². The Bertz CT molecular complexity index is 4550. The fourth-order valence-corrected chi connectivity index (χ4v) is 12.2. The van der Waals surface area contributed by atoms with Crippen LogP contribution in [0.4, 0.5) is 0 Å². The lowest BCUT2D eigenvalue weighted by Crippen LogP contribution is -1.93. The highest BCUT2D eigenvalue weighted by molar-refractivity contribution is 7.27. The van der Waals surface area contributed by atoms with Gasteiger partial charge < -0.3 is 4.42 Å². The van der Waals surface area contributed by atoms with Gasteiger partial charge in [-0.2, -0.15) is 0 Å². The van der Waals surface area contributed by atoms with Gasteiger partial charge in [-0.1, -0.05) is 176 Å². The van der Waals surface area contributed by atoms with Crippen LogP contribution in [0.3, 0.4) is 0 Å². The van der Waals surface area contributed by atoms with Crippen LogP contribution in [0.25, 0.3) is 147 Å². The van der Waals surface area contributed by atoms with Crippen LogP contribution in [0.15, 0.2) is 223 Å². The first-order valence-electron chi connectivity index (χ1n) is 22.8. The Morgan fingerprint density at radius 3 is 1.66 bits per heavy atom. The summed E-state index contributed by atoms with van der Waals surface area (Å²) in [7, 11) is 0. The first-order valence-corrected chi connectivity index (χ1v) is 23.7. The molecule has 0 saturated carbocycles. The van der Waals surface area contributed by atoms with Crippen LogP contribution in [0.2, 0.25) is 0 Å². The van der Waals surface area contributed by atoms with E-state index in [9.17, 15) is 0 Å². The molecule has 0 saturated heterocycles. The molecular formula is C63H36N2OS. The van der Waals surface area contributed by atoms with Gasteiger partial charge in [-0.05, 0) is 124 Å². The van der Waals surface area contributed by atoms with Crippen molar-refractivity contribution in [3.63, 3.8) is 0 Å². The number of fused-ring (bicyclic) bond motifs is 15. The number of pyridine rings is 1. The number of rotatable bonds is 4. The molecule has 0 aliphatic heterocycles. The van der Waals surface area contributed by atoms with Crippen LogP contribution in [0.1, 0.15) is 0 Å². The Labute approximate surface area is 388 Å². The molecule has 0 unspecified atom stereocenters. The fraction of sp³-hybridized carbons (Fsp3) is 0. The maximum Gasteiger partial charge on any atom is 0.156 e. The summed E-state index contributed by atoms with van der Waals surface area (Å²) in [6.45, 7) is 0. The molecule has 0 atom stereocenters. The minimum atomic E-state index is 0.912. The van der Waals surface area contributed by atoms with Crippen LogP contribution in [0.5, 0.6) is 0 Å². The molecule has 15 rings (SSSR count). The van der Waals surface area contributed by atoms with Gasteiger partial charge in [0.25, 0.3) is 0 Å². The number of benzene rings is 11. The number of aromatic nitrogens is 2. The monoisotopic (exact) mass is 868 g/mol. The average Bonchev–Trinajstić information content (AvgIpc) is 4.08. The van der Waals surface area contributed by atoms with Crippen LogP contribution in [-0.4, -0.2) is 9.38 Å². The van der Waals surface area contributed by atoms with E-state index in [2.05, 4.69) is 211 Å². The fourth-order valence-electron chi connectivity index (χ4n) is 10.9. The quantitative estimate of drug-likeness (QED) is 0.165. The lowest BCUT2D eigenvalue weighted by molar-refractivity contribution is 0.669. The van der Waals surface area contributed by atoms with Crippen LogP contribution in [0, 0.1) is 0 Å². The van der Waals surface area contributed by atoms with Crippen molar-refractivity contribution in [1.82, 2.24) is 9.38 Å². The third-order valence-corrected chi connectivity index (χ3v) is 15.4. The largest absolute Gasteiger partial charge is 0.456 e. The van der Waals surface area contributed by atoms with Crippen LogP contribution < -0.4 is 0 Å². The smallest absolute Gasteiger partial charge is 0.156 e. The van der Waals surface area contributed by atoms with Crippen molar-refractivity contribution in [3.05, 3.63) is 218 Å². The zero-order valence-corrected chi connectivity index (χ0v) is 36.8. The third kappa shape index (κ3) is 5.48. The maximum atomic E-state index is 6.22. The standard InChI is InChI=1S/C63H36N2OS/c1-2-12-43-33-45-35-57-55(34-44(45)32-42(43)11-1)64-63-62-54(52-29-28-37-10-3-4-13-49(37)61(52)67-62)36-56(65(57)63)41-26-24-39(25-27-41)47-31-30-46(50-14-5-6-15-51(47)50)38-20-22-40(23-21-38)48-17-9-19-59-60(48)53-16-7-8-18-58(53)66-59/h1-36H. The Morgan fingerprint density at radius 2 is 0.940 bits per heavy atom. The first kappa shape index (κ1) is 36.7. The number of para-hydroxylation sites is 1. The summed E-state index contributed by atoms with van der Waals surface area (Å²) >= 11 is 1.86. The van der Waals surface area contributed by atoms with E-state index in [0.29, 0.717) is 0 Å². The summed E-state index contributed by atoms with van der Waals surface area (Å²) in [5, 5.41) is 14.7. The Balaban J connectivity index is 0.864. The average molecular weight is 869 g/mol. The molecule has 4 heterocycles.